The summed E-state index contributed by atoms with van der Waals surface area (Å²) in [5.41, 5.74) is 2.18. The first-order chi connectivity index (χ1) is 12.6. The van der Waals surface area contributed by atoms with Gasteiger partial charge in [0.05, 0.1) is 17.6 Å². The molecule has 2 aromatic rings. The third-order valence-electron chi connectivity index (χ3n) is 4.91. The van der Waals surface area contributed by atoms with Gasteiger partial charge in [-0.3, -0.25) is 4.99 Å². The van der Waals surface area contributed by atoms with E-state index in [0.717, 1.165) is 48.9 Å². The number of guanidine groups is 1. The second-order valence-electron chi connectivity index (χ2n) is 6.72. The van der Waals surface area contributed by atoms with Gasteiger partial charge >= 0.3 is 0 Å². The Kier molecular flexibility index (Phi) is 7.91. The first-order valence-corrected chi connectivity index (χ1v) is 9.68. The number of hydrogen-bond acceptors (Lipinski definition) is 3. The number of fused-ring (bicyclic) bond motifs is 1. The van der Waals surface area contributed by atoms with Gasteiger partial charge in [0.15, 0.2) is 5.96 Å². The van der Waals surface area contributed by atoms with Gasteiger partial charge in [-0.1, -0.05) is 26.0 Å². The summed E-state index contributed by atoms with van der Waals surface area (Å²) in [6.07, 6.45) is 2.32. The molecule has 0 saturated carbocycles. The highest BCUT2D eigenvalue weighted by atomic mass is 15.2. The molecule has 2 N–H and O–H groups in total. The third-order valence-corrected chi connectivity index (χ3v) is 4.91. The van der Waals surface area contributed by atoms with E-state index in [-0.39, 0.29) is 0 Å². The number of rotatable bonds is 9. The smallest absolute Gasteiger partial charge is 0.191 e. The zero-order valence-electron chi connectivity index (χ0n) is 16.9. The van der Waals surface area contributed by atoms with Crippen molar-refractivity contribution >= 4 is 17.0 Å². The number of hydrogen-bond donors (Lipinski definition) is 2. The van der Waals surface area contributed by atoms with Gasteiger partial charge in [0.2, 0.25) is 0 Å². The number of aromatic nitrogens is 2. The van der Waals surface area contributed by atoms with E-state index in [9.17, 15) is 0 Å². The molecule has 26 heavy (non-hydrogen) atoms. The van der Waals surface area contributed by atoms with Crippen LogP contribution in [0.4, 0.5) is 0 Å². The molecule has 1 heterocycles. The highest BCUT2D eigenvalue weighted by Gasteiger charge is 2.10. The van der Waals surface area contributed by atoms with Crippen LogP contribution in [0.15, 0.2) is 29.3 Å². The highest BCUT2D eigenvalue weighted by Crippen LogP contribution is 2.13. The lowest BCUT2D eigenvalue weighted by atomic mass is 10.2. The van der Waals surface area contributed by atoms with Crippen molar-refractivity contribution in [1.29, 1.82) is 0 Å². The normalized spacial score (nSPS) is 13.4. The third kappa shape index (κ3) is 5.46. The van der Waals surface area contributed by atoms with Gasteiger partial charge in [-0.2, -0.15) is 0 Å². The van der Waals surface area contributed by atoms with Gasteiger partial charge in [-0.05, 0) is 51.5 Å². The molecule has 1 unspecified atom stereocenters. The number of aryl methyl sites for hydroxylation is 1. The Morgan fingerprint density at radius 3 is 2.65 bits per heavy atom. The maximum Gasteiger partial charge on any atom is 0.191 e. The molecular formula is C20H34N6. The molecule has 6 heteroatoms. The van der Waals surface area contributed by atoms with Gasteiger partial charge in [-0.25, -0.2) is 4.98 Å². The van der Waals surface area contributed by atoms with Crippen LogP contribution in [0.2, 0.25) is 0 Å². The van der Waals surface area contributed by atoms with Crippen LogP contribution in [0.3, 0.4) is 0 Å². The molecule has 1 atom stereocenters. The van der Waals surface area contributed by atoms with Gasteiger partial charge < -0.3 is 20.1 Å². The summed E-state index contributed by atoms with van der Waals surface area (Å²) in [7, 11) is 3.87. The molecule has 0 radical (unpaired) electrons. The zero-order chi connectivity index (χ0) is 18.9. The van der Waals surface area contributed by atoms with Gasteiger partial charge in [0.25, 0.3) is 0 Å². The second-order valence-corrected chi connectivity index (χ2v) is 6.72. The predicted molar refractivity (Wildman–Crippen MR) is 111 cm³/mol. The number of imidazole rings is 1. The zero-order valence-corrected chi connectivity index (χ0v) is 16.9. The fourth-order valence-corrected chi connectivity index (χ4v) is 3.18. The van der Waals surface area contributed by atoms with E-state index in [0.29, 0.717) is 12.6 Å². The highest BCUT2D eigenvalue weighted by molar-refractivity contribution is 5.80. The van der Waals surface area contributed by atoms with E-state index >= 15 is 0 Å². The molecule has 0 saturated heterocycles. The fraction of sp³-hybridized carbons (Fsp3) is 0.600. The summed E-state index contributed by atoms with van der Waals surface area (Å²) in [6, 6.07) is 8.59. The Labute approximate surface area is 157 Å². The monoisotopic (exact) mass is 358 g/mol. The van der Waals surface area contributed by atoms with Gasteiger partial charge in [0.1, 0.15) is 5.82 Å². The summed E-state index contributed by atoms with van der Waals surface area (Å²) >= 11 is 0. The van der Waals surface area contributed by atoms with Crippen LogP contribution < -0.4 is 10.6 Å². The number of nitrogens with one attached hydrogen (secondary N) is 2. The molecule has 0 fully saturated rings. The Bertz CT molecular complexity index is 701. The summed E-state index contributed by atoms with van der Waals surface area (Å²) in [6.45, 7) is 10.7. The molecule has 6 nitrogen and oxygen atoms in total. The maximum atomic E-state index is 4.70. The minimum atomic E-state index is 0.386. The van der Waals surface area contributed by atoms with E-state index in [1.165, 1.54) is 6.42 Å². The van der Waals surface area contributed by atoms with Crippen molar-refractivity contribution in [3.8, 4) is 0 Å². The Morgan fingerprint density at radius 1 is 1.27 bits per heavy atom. The van der Waals surface area contributed by atoms with Gasteiger partial charge in [-0.15, -0.1) is 0 Å². The SMILES string of the molecule is CCN(CC)CCCC(C)NC(=NC)NCc1nc2ccccc2n1C. The minimum absolute atomic E-state index is 0.386. The quantitative estimate of drug-likeness (QED) is 0.535. The standard InChI is InChI=1S/C20H34N6/c1-6-26(7-2)14-10-11-16(3)23-20(21-4)22-15-19-24-17-12-8-9-13-18(17)25(19)5/h8-9,12-13,16H,6-7,10-11,14-15H2,1-5H3,(H2,21,22,23). The molecule has 2 rings (SSSR count). The van der Waals surface area contributed by atoms with Crippen LogP contribution >= 0.6 is 0 Å². The number of nitrogens with zero attached hydrogens (tertiary/aromatic N) is 4. The molecule has 0 aliphatic carbocycles. The topological polar surface area (TPSA) is 57.5 Å². The Hall–Kier alpha value is -2.08. The molecule has 0 spiro atoms. The van der Waals surface area contributed by atoms with Crippen molar-refractivity contribution < 1.29 is 0 Å². The number of benzene rings is 1. The molecular weight excluding hydrogens is 324 g/mol. The lowest BCUT2D eigenvalue weighted by Crippen LogP contribution is -2.42. The van der Waals surface area contributed by atoms with Crippen molar-refractivity contribution in [3.63, 3.8) is 0 Å². The minimum Gasteiger partial charge on any atom is -0.354 e. The number of aliphatic imine (C=N–C) groups is 1. The summed E-state index contributed by atoms with van der Waals surface area (Å²) in [4.78, 5) is 11.5. The molecule has 0 aliphatic rings. The first-order valence-electron chi connectivity index (χ1n) is 9.68. The van der Waals surface area contributed by atoms with E-state index in [2.05, 4.69) is 59.0 Å². The lowest BCUT2D eigenvalue weighted by molar-refractivity contribution is 0.292. The van der Waals surface area contributed by atoms with E-state index in [1.54, 1.807) is 0 Å². The summed E-state index contributed by atoms with van der Waals surface area (Å²) < 4.78 is 2.13. The first kappa shape index (κ1) is 20.2. The van der Waals surface area contributed by atoms with Crippen LogP contribution in [-0.2, 0) is 13.6 Å². The fourth-order valence-electron chi connectivity index (χ4n) is 3.18. The second kappa shape index (κ2) is 10.2. The predicted octanol–water partition coefficient (Wildman–Crippen LogP) is 2.75. The van der Waals surface area contributed by atoms with E-state index < -0.39 is 0 Å². The van der Waals surface area contributed by atoms with Crippen molar-refractivity contribution in [2.75, 3.05) is 26.7 Å². The summed E-state index contributed by atoms with van der Waals surface area (Å²) in [5.74, 6) is 1.83. The largest absolute Gasteiger partial charge is 0.354 e. The van der Waals surface area contributed by atoms with Crippen LogP contribution in [-0.4, -0.2) is 53.1 Å². The van der Waals surface area contributed by atoms with Crippen molar-refractivity contribution in [2.45, 2.75) is 46.2 Å². The molecule has 0 aliphatic heterocycles. The van der Waals surface area contributed by atoms with Crippen molar-refractivity contribution in [1.82, 2.24) is 25.1 Å². The average Bonchev–Trinajstić information content (AvgIpc) is 2.98. The molecule has 0 bridgehead atoms. The molecule has 1 aromatic heterocycles. The van der Waals surface area contributed by atoms with Crippen LogP contribution in [0, 0.1) is 0 Å². The van der Waals surface area contributed by atoms with Crippen LogP contribution in [0.5, 0.6) is 0 Å². The maximum absolute atomic E-state index is 4.70. The summed E-state index contributed by atoms with van der Waals surface area (Å²) in [5, 5.41) is 6.87. The van der Waals surface area contributed by atoms with Crippen molar-refractivity contribution in [2.24, 2.45) is 12.0 Å². The van der Waals surface area contributed by atoms with Crippen LogP contribution in [0.25, 0.3) is 11.0 Å². The van der Waals surface area contributed by atoms with E-state index in [4.69, 9.17) is 4.98 Å². The Balaban J connectivity index is 1.82. The Morgan fingerprint density at radius 2 is 2.00 bits per heavy atom. The average molecular weight is 359 g/mol. The molecule has 1 aromatic carbocycles. The molecule has 144 valence electrons. The van der Waals surface area contributed by atoms with Gasteiger partial charge in [0, 0.05) is 20.1 Å². The van der Waals surface area contributed by atoms with Crippen LogP contribution in [0.1, 0.15) is 39.4 Å². The lowest BCUT2D eigenvalue weighted by Gasteiger charge is -2.21. The number of para-hydroxylation sites is 2. The van der Waals surface area contributed by atoms with E-state index in [1.807, 2.05) is 25.2 Å². The van der Waals surface area contributed by atoms with Crippen molar-refractivity contribution in [3.05, 3.63) is 30.1 Å². The molecule has 0 amide bonds.